The van der Waals surface area contributed by atoms with E-state index in [1.807, 2.05) is 21.4 Å². The summed E-state index contributed by atoms with van der Waals surface area (Å²) < 4.78 is 0.813. The summed E-state index contributed by atoms with van der Waals surface area (Å²) in [5.41, 5.74) is 0. The summed E-state index contributed by atoms with van der Waals surface area (Å²) in [6.07, 6.45) is 0. The lowest BCUT2D eigenvalue weighted by Gasteiger charge is -2.02. The first-order valence-corrected chi connectivity index (χ1v) is 9.49. The second-order valence-corrected chi connectivity index (χ2v) is 9.35. The standard InChI is InChI=1S/C6H10BNS5/c8-6-10-3-5(12-6)7-13-11-2-4-1-9-4/h4-5,7-8H,1-3H2. The molecule has 2 unspecified atom stereocenters. The molecule has 2 saturated heterocycles. The summed E-state index contributed by atoms with van der Waals surface area (Å²) in [6.45, 7) is 1.21. The molecule has 72 valence electrons. The van der Waals surface area contributed by atoms with Crippen LogP contribution in [0.2, 0.25) is 0 Å². The maximum absolute atomic E-state index is 7.44. The van der Waals surface area contributed by atoms with Gasteiger partial charge in [-0.25, -0.2) is 0 Å². The predicted molar refractivity (Wildman–Crippen MR) is 75.0 cm³/mol. The van der Waals surface area contributed by atoms with Crippen LogP contribution in [0.15, 0.2) is 0 Å². The quantitative estimate of drug-likeness (QED) is 0.357. The van der Waals surface area contributed by atoms with Gasteiger partial charge >= 0.3 is 0 Å². The van der Waals surface area contributed by atoms with Crippen LogP contribution in [-0.4, -0.2) is 38.6 Å². The second kappa shape index (κ2) is 5.54. The SMILES string of the molecule is N=C1SCC(BSSCC2CS2)S1. The topological polar surface area (TPSA) is 23.9 Å². The van der Waals surface area contributed by atoms with Crippen molar-refractivity contribution >= 4 is 67.7 Å². The zero-order chi connectivity index (χ0) is 9.10. The third-order valence-corrected chi connectivity index (χ3v) is 8.19. The smallest absolute Gasteiger partial charge is 0.220 e. The van der Waals surface area contributed by atoms with Gasteiger partial charge in [0.05, 0.1) is 0 Å². The van der Waals surface area contributed by atoms with Crippen LogP contribution in [-0.2, 0) is 0 Å². The lowest BCUT2D eigenvalue weighted by atomic mass is 10.0. The molecule has 7 heteroatoms. The largest absolute Gasteiger partial charge is 0.288 e. The maximum Gasteiger partial charge on any atom is 0.220 e. The van der Waals surface area contributed by atoms with E-state index in [1.165, 1.54) is 18.1 Å². The van der Waals surface area contributed by atoms with E-state index >= 15 is 0 Å². The van der Waals surface area contributed by atoms with Crippen molar-refractivity contribution in [2.75, 3.05) is 17.3 Å². The summed E-state index contributed by atoms with van der Waals surface area (Å²) in [5, 5.41) is 9.10. The normalized spacial score (nSPS) is 32.2. The molecule has 1 nitrogen and oxygen atoms in total. The molecule has 0 amide bonds. The van der Waals surface area contributed by atoms with Crippen LogP contribution in [0, 0.1) is 5.41 Å². The van der Waals surface area contributed by atoms with E-state index < -0.39 is 0 Å². The van der Waals surface area contributed by atoms with Crippen molar-refractivity contribution in [2.24, 2.45) is 0 Å². The van der Waals surface area contributed by atoms with Gasteiger partial charge in [-0.05, 0) is 0 Å². The molecule has 0 aromatic heterocycles. The van der Waals surface area contributed by atoms with Crippen LogP contribution in [0.3, 0.4) is 0 Å². The van der Waals surface area contributed by atoms with Crippen molar-refractivity contribution < 1.29 is 0 Å². The highest BCUT2D eigenvalue weighted by atomic mass is 33.1. The molecule has 0 radical (unpaired) electrons. The van der Waals surface area contributed by atoms with E-state index in [-0.39, 0.29) is 0 Å². The van der Waals surface area contributed by atoms with Gasteiger partial charge in [0, 0.05) is 27.7 Å². The Kier molecular flexibility index (Phi) is 4.68. The highest BCUT2D eigenvalue weighted by Crippen LogP contribution is 2.38. The van der Waals surface area contributed by atoms with E-state index in [1.54, 1.807) is 23.5 Å². The maximum atomic E-state index is 7.44. The molecule has 2 aliphatic heterocycles. The molecule has 13 heavy (non-hydrogen) atoms. The lowest BCUT2D eigenvalue weighted by molar-refractivity contribution is 1.28. The minimum Gasteiger partial charge on any atom is -0.288 e. The summed E-state index contributed by atoms with van der Waals surface area (Å²) in [4.78, 5) is 0. The number of hydrogen-bond donors (Lipinski definition) is 1. The molecule has 0 aromatic carbocycles. The van der Waals surface area contributed by atoms with E-state index in [0.717, 1.165) is 15.4 Å². The Morgan fingerprint density at radius 1 is 1.54 bits per heavy atom. The van der Waals surface area contributed by atoms with E-state index in [4.69, 9.17) is 5.41 Å². The van der Waals surface area contributed by atoms with E-state index in [9.17, 15) is 0 Å². The molecular formula is C6H10BNS5. The fourth-order valence-electron chi connectivity index (χ4n) is 0.882. The Hall–Kier alpha value is 1.48. The molecule has 2 aliphatic rings. The first kappa shape index (κ1) is 11.0. The lowest BCUT2D eigenvalue weighted by Crippen LogP contribution is -2.07. The van der Waals surface area contributed by atoms with Crippen molar-refractivity contribution in [2.45, 2.75) is 10.4 Å². The summed E-state index contributed by atoms with van der Waals surface area (Å²) in [5.74, 6) is 3.85. The van der Waals surface area contributed by atoms with Crippen LogP contribution in [0.5, 0.6) is 0 Å². The molecule has 2 fully saturated rings. The Bertz CT molecular complexity index is 197. The summed E-state index contributed by atoms with van der Waals surface area (Å²) in [7, 11) is 4.01. The molecule has 0 spiro atoms. The number of hydrogen-bond acceptors (Lipinski definition) is 6. The Morgan fingerprint density at radius 3 is 3.00 bits per heavy atom. The molecule has 2 heterocycles. The first-order chi connectivity index (χ1) is 6.34. The molecular weight excluding hydrogens is 257 g/mol. The molecule has 0 bridgehead atoms. The minimum atomic E-state index is 0.696. The molecule has 1 N–H and O–H groups in total. The van der Waals surface area contributed by atoms with Gasteiger partial charge in [0.2, 0.25) is 6.56 Å². The van der Waals surface area contributed by atoms with Crippen molar-refractivity contribution in [3.8, 4) is 0 Å². The predicted octanol–water partition coefficient (Wildman–Crippen LogP) is 2.58. The number of rotatable bonds is 5. The van der Waals surface area contributed by atoms with Crippen molar-refractivity contribution in [1.29, 1.82) is 5.41 Å². The highest BCUT2D eigenvalue weighted by molar-refractivity contribution is 8.85. The average molecular weight is 267 g/mol. The van der Waals surface area contributed by atoms with Crippen molar-refractivity contribution in [1.82, 2.24) is 0 Å². The summed E-state index contributed by atoms with van der Waals surface area (Å²) >= 11 is 5.52. The van der Waals surface area contributed by atoms with E-state index in [0.29, 0.717) is 5.15 Å². The van der Waals surface area contributed by atoms with Gasteiger partial charge in [-0.2, -0.15) is 11.8 Å². The molecule has 0 saturated carbocycles. The Labute approximate surface area is 100 Å². The second-order valence-electron chi connectivity index (χ2n) is 2.86. The van der Waals surface area contributed by atoms with Gasteiger partial charge in [0.15, 0.2) is 0 Å². The van der Waals surface area contributed by atoms with Gasteiger partial charge in [-0.3, -0.25) is 5.41 Å². The van der Waals surface area contributed by atoms with Crippen LogP contribution in [0.25, 0.3) is 0 Å². The molecule has 0 aromatic rings. The fourth-order valence-corrected chi connectivity index (χ4v) is 7.43. The van der Waals surface area contributed by atoms with Gasteiger partial charge in [0.1, 0.15) is 4.38 Å². The van der Waals surface area contributed by atoms with Crippen LogP contribution in [0.1, 0.15) is 0 Å². The van der Waals surface area contributed by atoms with Crippen LogP contribution < -0.4 is 0 Å². The third-order valence-electron chi connectivity index (χ3n) is 1.67. The monoisotopic (exact) mass is 267 g/mol. The average Bonchev–Trinajstić information content (AvgIpc) is 2.84. The van der Waals surface area contributed by atoms with Crippen LogP contribution in [0.4, 0.5) is 0 Å². The third kappa shape index (κ3) is 4.24. The van der Waals surface area contributed by atoms with E-state index in [2.05, 4.69) is 11.8 Å². The zero-order valence-electron chi connectivity index (χ0n) is 7.02. The fraction of sp³-hybridized carbons (Fsp3) is 0.833. The zero-order valence-corrected chi connectivity index (χ0v) is 11.1. The first-order valence-electron chi connectivity index (χ1n) is 4.08. The number of thioether (sulfide) groups is 3. The van der Waals surface area contributed by atoms with Gasteiger partial charge in [-0.1, -0.05) is 11.8 Å². The minimum absolute atomic E-state index is 0.696. The van der Waals surface area contributed by atoms with Crippen molar-refractivity contribution in [3.63, 3.8) is 0 Å². The highest BCUT2D eigenvalue weighted by Gasteiger charge is 2.24. The Morgan fingerprint density at radius 2 is 2.38 bits per heavy atom. The van der Waals surface area contributed by atoms with Gasteiger partial charge in [0.25, 0.3) is 0 Å². The Balaban J connectivity index is 1.49. The van der Waals surface area contributed by atoms with Crippen LogP contribution >= 0.6 is 56.7 Å². The van der Waals surface area contributed by atoms with Gasteiger partial charge in [-0.15, -0.1) is 33.2 Å². The molecule has 0 aliphatic carbocycles. The van der Waals surface area contributed by atoms with Crippen molar-refractivity contribution in [3.05, 3.63) is 0 Å². The molecule has 2 rings (SSSR count). The number of nitrogens with one attached hydrogen (secondary N) is 1. The molecule has 2 atom stereocenters. The summed E-state index contributed by atoms with van der Waals surface area (Å²) in [6, 6.07) is 0. The van der Waals surface area contributed by atoms with Gasteiger partial charge < -0.3 is 0 Å².